The van der Waals surface area contributed by atoms with Crippen LogP contribution in [0.3, 0.4) is 0 Å². The fourth-order valence-electron chi connectivity index (χ4n) is 26.3. The van der Waals surface area contributed by atoms with Crippen LogP contribution in [0.1, 0.15) is 619 Å². The minimum atomic E-state index is -3.46. The summed E-state index contributed by atoms with van der Waals surface area (Å²) in [5, 5.41) is 42.7. The van der Waals surface area contributed by atoms with E-state index < -0.39 is 106 Å². The number of hydrogen-bond acceptors (Lipinski definition) is 12. The summed E-state index contributed by atoms with van der Waals surface area (Å²) < 4.78 is 22.7. The first-order valence-corrected chi connectivity index (χ1v) is 59.9. The van der Waals surface area contributed by atoms with E-state index in [1.807, 2.05) is 0 Å². The minimum absolute atomic E-state index is 0.265. The van der Waals surface area contributed by atoms with Crippen molar-refractivity contribution in [3.63, 3.8) is 0 Å². The molecule has 6 atom stereocenters. The Balaban J connectivity index is 1.34. The number of hydrogen-bond donors (Lipinski definition) is 3. The van der Waals surface area contributed by atoms with E-state index in [2.05, 4.69) is 41.5 Å². The lowest BCUT2D eigenvalue weighted by atomic mass is 9.49. The van der Waals surface area contributed by atoms with Crippen LogP contribution in [-0.4, -0.2) is 85.7 Å². The predicted octanol–water partition coefficient (Wildman–Crippen LogP) is 34.3. The Bertz CT molecular complexity index is 2760. The highest BCUT2D eigenvalue weighted by Crippen LogP contribution is 2.60. The quantitative estimate of drug-likeness (QED) is 0.0297. The molecule has 12 heteroatoms. The van der Waals surface area contributed by atoms with Crippen molar-refractivity contribution in [2.24, 2.45) is 71.0 Å². The van der Waals surface area contributed by atoms with Gasteiger partial charge in [0.2, 0.25) is 11.2 Å². The maximum Gasteiger partial charge on any atom is 0.310 e. The molecule has 7 saturated carbocycles. The number of esters is 3. The third-order valence-corrected chi connectivity index (χ3v) is 35.4. The Labute approximate surface area is 814 Å². The van der Waals surface area contributed by atoms with Gasteiger partial charge in [-0.2, -0.15) is 0 Å². The van der Waals surface area contributed by atoms with Crippen molar-refractivity contribution < 1.29 is 58.3 Å². The van der Waals surface area contributed by atoms with Crippen LogP contribution >= 0.6 is 0 Å². The summed E-state index contributed by atoms with van der Waals surface area (Å²) in [6, 6.07) is 0. The Morgan fingerprint density at radius 1 is 0.189 bits per heavy atom. The molecule has 7 fully saturated rings. The molecule has 7 rings (SSSR count). The summed E-state index contributed by atoms with van der Waals surface area (Å²) in [6.07, 6.45) is 85.4. The fourth-order valence-corrected chi connectivity index (χ4v) is 26.3. The van der Waals surface area contributed by atoms with Gasteiger partial charge in [-0.3, -0.25) is 28.8 Å². The van der Waals surface area contributed by atoms with E-state index in [1.54, 1.807) is 0 Å². The van der Waals surface area contributed by atoms with E-state index >= 15 is 28.8 Å². The van der Waals surface area contributed by atoms with Gasteiger partial charge in [0.05, 0.1) is 17.8 Å². The van der Waals surface area contributed by atoms with Crippen molar-refractivity contribution >= 4 is 35.3 Å². The van der Waals surface area contributed by atoms with Crippen molar-refractivity contribution in [3.8, 4) is 0 Å². The molecule has 3 N–H and O–H groups in total. The van der Waals surface area contributed by atoms with Crippen LogP contribution in [0.15, 0.2) is 0 Å². The summed E-state index contributed by atoms with van der Waals surface area (Å²) in [5.41, 5.74) is -10.1. The lowest BCUT2D eigenvalue weighted by molar-refractivity contribution is -0.329. The zero-order valence-corrected chi connectivity index (χ0v) is 87.8. The lowest BCUT2D eigenvalue weighted by Crippen LogP contribution is -2.92. The van der Waals surface area contributed by atoms with Crippen LogP contribution < -0.4 is 0 Å². The van der Waals surface area contributed by atoms with Crippen LogP contribution in [0, 0.1) is 71.0 Å². The number of rotatable bonds is 78. The van der Waals surface area contributed by atoms with E-state index in [0.29, 0.717) is 120 Å². The summed E-state index contributed by atoms with van der Waals surface area (Å²) >= 11 is 0. The van der Waals surface area contributed by atoms with Crippen LogP contribution in [0.5, 0.6) is 0 Å². The number of aliphatic hydroxyl groups is 3. The van der Waals surface area contributed by atoms with Crippen molar-refractivity contribution in [2.75, 3.05) is 0 Å². The van der Waals surface area contributed by atoms with Crippen LogP contribution in [0.4, 0.5) is 0 Å². The molecule has 0 aromatic heterocycles. The molecule has 0 spiro atoms. The summed E-state index contributed by atoms with van der Waals surface area (Å²) in [5.74, 6) is -8.67. The molecular formula is C120H216O12. The minimum Gasteiger partial charge on any atom is -0.443 e. The Hall–Kier alpha value is -2.70. The highest BCUT2D eigenvalue weighted by atomic mass is 16.7. The van der Waals surface area contributed by atoms with Crippen LogP contribution in [0.25, 0.3) is 0 Å². The highest BCUT2D eigenvalue weighted by molar-refractivity contribution is 6.12. The van der Waals surface area contributed by atoms with Gasteiger partial charge in [0, 0.05) is 17.8 Å². The normalized spacial score (nSPS) is 28.3. The van der Waals surface area contributed by atoms with Gasteiger partial charge < -0.3 is 29.5 Å². The average molecular weight is 1850 g/mol. The first-order chi connectivity index (χ1) is 64.6. The van der Waals surface area contributed by atoms with Gasteiger partial charge in [-0.1, -0.05) is 465 Å². The van der Waals surface area contributed by atoms with Gasteiger partial charge in [0.15, 0.2) is 17.3 Å². The van der Waals surface area contributed by atoms with Crippen molar-refractivity contribution in [1.82, 2.24) is 0 Å². The number of ketones is 3. The fraction of sp³-hybridized carbons (Fsp3) is 0.950. The second kappa shape index (κ2) is 70.9. The Morgan fingerprint density at radius 3 is 0.508 bits per heavy atom. The topological polar surface area (TPSA) is 191 Å². The van der Waals surface area contributed by atoms with E-state index in [1.165, 1.54) is 308 Å². The predicted molar refractivity (Wildman–Crippen MR) is 551 cm³/mol. The molecule has 0 bridgehead atoms. The number of aliphatic hydroxyl groups excluding tert-OH is 3. The Morgan fingerprint density at radius 2 is 0.333 bits per heavy atom. The maximum absolute atomic E-state index is 18.6. The van der Waals surface area contributed by atoms with Gasteiger partial charge in [0.1, 0.15) is 18.3 Å². The molecule has 0 aliphatic heterocycles. The van der Waals surface area contributed by atoms with Gasteiger partial charge >= 0.3 is 17.9 Å². The SMILES string of the molecule is CCCCCCCCCCCCC1CCC(C(=O)OC2(C(=O)C3CCC(CCCCCCCCCCCC)CC3)[C@@](OC(=O)C3CCC(CCCCCCCCCCCC)CC3)(C(=O)C3CCC(CCCCCCCCCCCC)CC3)[C@@H](O)C(O)[C@@H](O)[C@@]2(OC(=O)C2CCC(CCCCCCCCCCCC)CC2)C(=O)C2CCC(CCCCCCCCCCCC)CC2)CC1. The third kappa shape index (κ3) is 40.4. The van der Waals surface area contributed by atoms with E-state index in [-0.39, 0.29) is 30.6 Å². The Kier molecular flexibility index (Phi) is 62.4. The van der Waals surface area contributed by atoms with Crippen LogP contribution in [0.2, 0.25) is 0 Å². The second-order valence-electron chi connectivity index (χ2n) is 46.0. The first kappa shape index (κ1) is 116. The smallest absolute Gasteiger partial charge is 0.310 e. The van der Waals surface area contributed by atoms with Crippen molar-refractivity contribution in [3.05, 3.63) is 0 Å². The summed E-state index contributed by atoms with van der Waals surface area (Å²) in [7, 11) is 0. The van der Waals surface area contributed by atoms with E-state index in [0.717, 1.165) is 154 Å². The molecule has 768 valence electrons. The molecule has 7 aliphatic rings. The number of unbranched alkanes of at least 4 members (excludes halogenated alkanes) is 54. The van der Waals surface area contributed by atoms with Crippen molar-refractivity contribution in [2.45, 2.75) is 655 Å². The molecule has 132 heavy (non-hydrogen) atoms. The van der Waals surface area contributed by atoms with Crippen LogP contribution in [-0.2, 0) is 43.0 Å². The molecule has 7 aliphatic carbocycles. The molecule has 12 nitrogen and oxygen atoms in total. The molecule has 0 heterocycles. The zero-order valence-electron chi connectivity index (χ0n) is 87.8. The van der Waals surface area contributed by atoms with E-state index in [4.69, 9.17) is 14.2 Å². The van der Waals surface area contributed by atoms with E-state index in [9.17, 15) is 15.3 Å². The van der Waals surface area contributed by atoms with Gasteiger partial charge in [-0.15, -0.1) is 0 Å². The zero-order chi connectivity index (χ0) is 94.4. The molecular weight excluding hydrogens is 1630 g/mol. The summed E-state index contributed by atoms with van der Waals surface area (Å²) in [4.78, 5) is 106. The maximum atomic E-state index is 18.6. The number of carbonyl (C=O) groups is 6. The van der Waals surface area contributed by atoms with Gasteiger partial charge in [-0.25, -0.2) is 0 Å². The largest absolute Gasteiger partial charge is 0.443 e. The third-order valence-electron chi connectivity index (χ3n) is 35.4. The van der Waals surface area contributed by atoms with Crippen molar-refractivity contribution in [1.29, 1.82) is 0 Å². The molecule has 0 aromatic carbocycles. The highest BCUT2D eigenvalue weighted by Gasteiger charge is 2.89. The molecule has 0 amide bonds. The molecule has 0 aromatic rings. The molecule has 0 saturated heterocycles. The summed E-state index contributed by atoms with van der Waals surface area (Å²) in [6.45, 7) is 13.6. The lowest BCUT2D eigenvalue weighted by Gasteiger charge is -2.63. The second-order valence-corrected chi connectivity index (χ2v) is 46.0. The number of Topliss-reactive ketones (excluding diaryl/α,β-unsaturated/α-hetero) is 3. The first-order valence-electron chi connectivity index (χ1n) is 59.9. The number of carbonyl (C=O) groups excluding carboxylic acids is 6. The van der Waals surface area contributed by atoms with Gasteiger partial charge in [0.25, 0.3) is 5.60 Å². The van der Waals surface area contributed by atoms with Gasteiger partial charge in [-0.05, 0) is 190 Å². The monoisotopic (exact) mass is 1850 g/mol. The standard InChI is InChI=1S/C120H216O12/c1-7-13-19-25-31-37-43-49-55-61-67-97-73-85-103(86-74-97)110(122)118(130-115(127)106-91-79-100(80-92-106)70-64-58-52-46-40-34-28-22-16-10-4)113(125)109(121)114(126)119(111(123)104-87-75-98(76-88-104)68-62-56-50-44-38-32-26-20-14-8-2,131-116(128)107-93-81-101(82-94-107)71-65-59-53-47-41-35-29-23-17-11-5)120(118,112(124)105-89-77-99(78-90-105)69-63-57-51-45-39-33-27-21-15-9-3)132-117(129)108-95-83-102(84-96-108)72-66-60-54-48-42-36-30-24-18-12-6/h97-109,113-114,121,125-126H,7-96H2,1-6H3/t97?,98?,99?,100?,101?,102?,103?,104?,105?,106?,107?,108?,109?,113-,114+,118+,119-,120?. The number of ether oxygens (including phenoxy) is 3. The molecule has 2 unspecified atom stereocenters. The average Bonchev–Trinajstić information content (AvgIpc) is 0.656. The molecule has 0 radical (unpaired) electrons.